The first-order valence-corrected chi connectivity index (χ1v) is 11.6. The zero-order chi connectivity index (χ0) is 23.7. The van der Waals surface area contributed by atoms with E-state index < -0.39 is 0 Å². The molecule has 1 aromatic carbocycles. The van der Waals surface area contributed by atoms with Gasteiger partial charge in [-0.15, -0.1) is 0 Å². The molecular weight excluding hydrogens is 432 g/mol. The summed E-state index contributed by atoms with van der Waals surface area (Å²) in [4.78, 5) is 39.0. The molecule has 1 aliphatic heterocycles. The number of amides is 1. The number of benzene rings is 1. The lowest BCUT2D eigenvalue weighted by Crippen LogP contribution is -2.38. The topological polar surface area (TPSA) is 122 Å². The highest BCUT2D eigenvalue weighted by atomic mass is 16.5. The van der Waals surface area contributed by atoms with Crippen molar-refractivity contribution in [2.45, 2.75) is 39.7 Å². The van der Waals surface area contributed by atoms with Crippen molar-refractivity contribution in [2.75, 3.05) is 25.0 Å². The van der Waals surface area contributed by atoms with Crippen LogP contribution in [0.25, 0.3) is 22.1 Å². The Balaban J connectivity index is 1.39. The Morgan fingerprint density at radius 2 is 2.06 bits per heavy atom. The molecule has 0 aliphatic carbocycles. The fraction of sp³-hybridized carbons (Fsp3) is 0.417. The molecule has 10 nitrogen and oxygen atoms in total. The zero-order valence-electron chi connectivity index (χ0n) is 19.6. The maximum absolute atomic E-state index is 11.6. The van der Waals surface area contributed by atoms with Gasteiger partial charge in [-0.2, -0.15) is 4.98 Å². The second kappa shape index (κ2) is 9.20. The highest BCUT2D eigenvalue weighted by Crippen LogP contribution is 2.30. The van der Waals surface area contributed by atoms with Crippen LogP contribution in [-0.2, 0) is 4.79 Å². The predicted molar refractivity (Wildman–Crippen MR) is 128 cm³/mol. The van der Waals surface area contributed by atoms with Crippen LogP contribution in [0.1, 0.15) is 44.1 Å². The second-order valence-corrected chi connectivity index (χ2v) is 8.80. The van der Waals surface area contributed by atoms with Crippen LogP contribution in [0.4, 0.5) is 5.82 Å². The molecule has 10 heteroatoms. The minimum Gasteiger partial charge on any atom is -0.477 e. The first kappa shape index (κ1) is 22.0. The lowest BCUT2D eigenvalue weighted by atomic mass is 9.98. The highest BCUT2D eigenvalue weighted by molar-refractivity contribution is 5.87. The predicted octanol–water partition coefficient (Wildman–Crippen LogP) is 3.41. The summed E-state index contributed by atoms with van der Waals surface area (Å²) in [6.07, 6.45) is 4.95. The summed E-state index contributed by atoms with van der Waals surface area (Å²) in [5, 5.41) is 4.29. The molecule has 1 atom stereocenters. The van der Waals surface area contributed by atoms with E-state index in [1.54, 1.807) is 13.3 Å². The van der Waals surface area contributed by atoms with Crippen molar-refractivity contribution in [3.8, 4) is 5.88 Å². The fourth-order valence-electron chi connectivity index (χ4n) is 4.38. The van der Waals surface area contributed by atoms with Gasteiger partial charge in [0.15, 0.2) is 17.3 Å². The lowest BCUT2D eigenvalue weighted by Gasteiger charge is -2.31. The van der Waals surface area contributed by atoms with Gasteiger partial charge in [0.05, 0.1) is 29.9 Å². The Hall–Kier alpha value is -3.82. The number of rotatable bonds is 6. The van der Waals surface area contributed by atoms with Crippen LogP contribution >= 0.6 is 0 Å². The van der Waals surface area contributed by atoms with Gasteiger partial charge < -0.3 is 19.9 Å². The number of fused-ring (bicyclic) bond motifs is 2. The number of nitrogens with zero attached hydrogens (tertiary/aromatic N) is 6. The Bertz CT molecular complexity index is 1330. The van der Waals surface area contributed by atoms with Gasteiger partial charge >= 0.3 is 0 Å². The number of H-pyrrole nitrogens is 1. The summed E-state index contributed by atoms with van der Waals surface area (Å²) in [7, 11) is 0. The van der Waals surface area contributed by atoms with E-state index in [2.05, 4.69) is 25.3 Å². The molecule has 4 aromatic rings. The van der Waals surface area contributed by atoms with Gasteiger partial charge in [-0.3, -0.25) is 4.79 Å². The molecule has 34 heavy (non-hydrogen) atoms. The summed E-state index contributed by atoms with van der Waals surface area (Å²) >= 11 is 0. The molecule has 176 valence electrons. The normalized spacial score (nSPS) is 15.6. The second-order valence-electron chi connectivity index (χ2n) is 8.80. The van der Waals surface area contributed by atoms with E-state index in [0.29, 0.717) is 41.2 Å². The fourth-order valence-corrected chi connectivity index (χ4v) is 4.38. The van der Waals surface area contributed by atoms with Crippen LogP contribution in [0.15, 0.2) is 30.9 Å². The monoisotopic (exact) mass is 460 g/mol. The minimum atomic E-state index is -0.235. The van der Waals surface area contributed by atoms with E-state index in [4.69, 9.17) is 14.7 Å². The van der Waals surface area contributed by atoms with Crippen LogP contribution in [-0.4, -0.2) is 60.4 Å². The Labute approximate surface area is 197 Å². The van der Waals surface area contributed by atoms with Crippen molar-refractivity contribution in [3.05, 3.63) is 42.2 Å². The molecule has 0 radical (unpaired) electrons. The van der Waals surface area contributed by atoms with Crippen molar-refractivity contribution < 1.29 is 9.53 Å². The molecule has 0 saturated carbocycles. The molecule has 1 fully saturated rings. The number of ether oxygens (including phenoxy) is 1. The third-order valence-electron chi connectivity index (χ3n) is 6.39. The van der Waals surface area contributed by atoms with Gasteiger partial charge in [0, 0.05) is 20.0 Å². The Morgan fingerprint density at radius 1 is 1.24 bits per heavy atom. The molecular formula is C24H28N8O2. The number of hydrogen-bond donors (Lipinski definition) is 2. The van der Waals surface area contributed by atoms with E-state index in [1.807, 2.05) is 36.9 Å². The average Bonchev–Trinajstić information content (AvgIpc) is 3.33. The van der Waals surface area contributed by atoms with E-state index in [-0.39, 0.29) is 11.9 Å². The summed E-state index contributed by atoms with van der Waals surface area (Å²) in [5.74, 6) is 2.35. The van der Waals surface area contributed by atoms with Crippen molar-refractivity contribution in [1.82, 2.24) is 34.8 Å². The maximum Gasteiger partial charge on any atom is 0.225 e. The molecule has 1 unspecified atom stereocenters. The summed E-state index contributed by atoms with van der Waals surface area (Å²) < 4.78 is 6.31. The number of carbonyl (C=O) groups is 1. The van der Waals surface area contributed by atoms with Crippen molar-refractivity contribution in [2.24, 2.45) is 5.92 Å². The number of aryl methyl sites for hydroxylation is 1. The van der Waals surface area contributed by atoms with E-state index >= 15 is 0 Å². The van der Waals surface area contributed by atoms with Gasteiger partial charge in [-0.25, -0.2) is 19.9 Å². The molecule has 4 heterocycles. The number of hydrogen-bond acceptors (Lipinski definition) is 8. The Morgan fingerprint density at radius 3 is 2.85 bits per heavy atom. The van der Waals surface area contributed by atoms with Gasteiger partial charge in [-0.1, -0.05) is 12.1 Å². The largest absolute Gasteiger partial charge is 0.477 e. The first-order chi connectivity index (χ1) is 16.5. The number of carbonyl (C=O) groups excluding carboxylic acids is 1. The highest BCUT2D eigenvalue weighted by Gasteiger charge is 2.23. The van der Waals surface area contributed by atoms with E-state index in [9.17, 15) is 4.79 Å². The van der Waals surface area contributed by atoms with Crippen LogP contribution in [0, 0.1) is 12.8 Å². The summed E-state index contributed by atoms with van der Waals surface area (Å²) in [6.45, 7) is 7.77. The van der Waals surface area contributed by atoms with Crippen molar-refractivity contribution in [1.29, 1.82) is 0 Å². The maximum atomic E-state index is 11.6. The SMILES string of the molecule is CC(=O)N1CCC(COc2nc(C(C)Nc3ncnc4[nH]cnc34)nc3cccc(C)c23)CC1. The molecule has 3 aromatic heterocycles. The zero-order valence-corrected chi connectivity index (χ0v) is 19.6. The molecule has 5 rings (SSSR count). The number of anilines is 1. The number of aromatic nitrogens is 6. The lowest BCUT2D eigenvalue weighted by molar-refractivity contribution is -0.130. The Kier molecular flexibility index (Phi) is 5.95. The van der Waals surface area contributed by atoms with Crippen LogP contribution < -0.4 is 10.1 Å². The van der Waals surface area contributed by atoms with E-state index in [0.717, 1.165) is 42.4 Å². The van der Waals surface area contributed by atoms with Gasteiger partial charge in [0.2, 0.25) is 11.8 Å². The summed E-state index contributed by atoms with van der Waals surface area (Å²) in [6, 6.07) is 5.78. The molecule has 0 bridgehead atoms. The quantitative estimate of drug-likeness (QED) is 0.449. The molecule has 1 saturated heterocycles. The minimum absolute atomic E-state index is 0.138. The van der Waals surface area contributed by atoms with Gasteiger partial charge in [-0.05, 0) is 44.2 Å². The third-order valence-corrected chi connectivity index (χ3v) is 6.39. The van der Waals surface area contributed by atoms with E-state index in [1.165, 1.54) is 6.33 Å². The number of piperidine rings is 1. The standard InChI is InChI=1S/C24H28N8O2/c1-14-5-4-6-18-19(14)24(34-11-17-7-9-32(10-8-17)16(3)33)31-21(30-18)15(2)29-23-20-22(26-12-25-20)27-13-28-23/h4-6,12-13,15,17H,7-11H2,1-3H3,(H2,25,26,27,28,29). The first-order valence-electron chi connectivity index (χ1n) is 11.6. The number of likely N-dealkylation sites (tertiary alicyclic amines) is 1. The van der Waals surface area contributed by atoms with Gasteiger partial charge in [0.25, 0.3) is 0 Å². The van der Waals surface area contributed by atoms with Gasteiger partial charge in [0.1, 0.15) is 11.8 Å². The van der Waals surface area contributed by atoms with Crippen LogP contribution in [0.2, 0.25) is 0 Å². The molecule has 0 spiro atoms. The van der Waals surface area contributed by atoms with Crippen molar-refractivity contribution in [3.63, 3.8) is 0 Å². The third kappa shape index (κ3) is 4.35. The molecule has 1 aliphatic rings. The number of imidazole rings is 1. The summed E-state index contributed by atoms with van der Waals surface area (Å²) in [5.41, 5.74) is 3.24. The number of aromatic amines is 1. The van der Waals surface area contributed by atoms with Crippen LogP contribution in [0.5, 0.6) is 5.88 Å². The molecule has 2 N–H and O–H groups in total. The van der Waals surface area contributed by atoms with Crippen molar-refractivity contribution >= 4 is 33.8 Å². The number of nitrogens with one attached hydrogen (secondary N) is 2. The van der Waals surface area contributed by atoms with Crippen LogP contribution in [0.3, 0.4) is 0 Å². The molecule has 1 amide bonds. The smallest absolute Gasteiger partial charge is 0.225 e. The average molecular weight is 461 g/mol.